The highest BCUT2D eigenvalue weighted by Crippen LogP contribution is 2.25. The zero-order valence-corrected chi connectivity index (χ0v) is 16.6. The van der Waals surface area contributed by atoms with E-state index in [1.165, 1.54) is 6.07 Å². The van der Waals surface area contributed by atoms with Gasteiger partial charge in [-0.3, -0.25) is 4.90 Å². The summed E-state index contributed by atoms with van der Waals surface area (Å²) in [6.07, 6.45) is 6.91. The van der Waals surface area contributed by atoms with Crippen LogP contribution in [0.2, 0.25) is 0 Å². The second kappa shape index (κ2) is 9.21. The second-order valence-corrected chi connectivity index (χ2v) is 6.75. The first kappa shape index (κ1) is 20.4. The fourth-order valence-electron chi connectivity index (χ4n) is 3.62. The lowest BCUT2D eigenvalue weighted by molar-refractivity contribution is 0.253. The third kappa shape index (κ3) is 4.36. The average Bonchev–Trinajstić information content (AvgIpc) is 3.10. The topological polar surface area (TPSA) is 54.6 Å². The summed E-state index contributed by atoms with van der Waals surface area (Å²) in [5.74, 6) is 1.35. The fraction of sp³-hybridized carbons (Fsp3) is 0.400. The number of aryl methyl sites for hydroxylation is 1. The fourth-order valence-corrected chi connectivity index (χ4v) is 3.62. The van der Waals surface area contributed by atoms with E-state index in [0.717, 1.165) is 67.9 Å². The van der Waals surface area contributed by atoms with E-state index < -0.39 is 0 Å². The third-order valence-corrected chi connectivity index (χ3v) is 5.09. The summed E-state index contributed by atoms with van der Waals surface area (Å²) in [5, 5.41) is 0.885. The molecule has 150 valence electrons. The number of hydrogen-bond donors (Lipinski definition) is 0. The number of anilines is 1. The molecular weight excluding hydrogens is 383 g/mol. The van der Waals surface area contributed by atoms with E-state index in [4.69, 9.17) is 9.15 Å². The number of methoxy groups -OCH3 is 1. The highest BCUT2D eigenvalue weighted by molar-refractivity contribution is 5.85. The van der Waals surface area contributed by atoms with E-state index in [-0.39, 0.29) is 18.2 Å². The number of piperazine rings is 1. The minimum Gasteiger partial charge on any atom is -0.491 e. The van der Waals surface area contributed by atoms with Crippen molar-refractivity contribution in [3.05, 3.63) is 48.4 Å². The SMILES string of the molecule is COc1cncnc1N1CCN(CCCc2coc3ccc(F)cc23)CC1.Cl. The number of halogens is 2. The van der Waals surface area contributed by atoms with Crippen molar-refractivity contribution >= 4 is 29.2 Å². The predicted octanol–water partition coefficient (Wildman–Crippen LogP) is 3.55. The van der Waals surface area contributed by atoms with Crippen molar-refractivity contribution in [1.29, 1.82) is 0 Å². The molecule has 1 aliphatic rings. The molecule has 0 spiro atoms. The van der Waals surface area contributed by atoms with Gasteiger partial charge in [0.1, 0.15) is 17.7 Å². The zero-order valence-electron chi connectivity index (χ0n) is 15.8. The Labute approximate surface area is 169 Å². The van der Waals surface area contributed by atoms with Gasteiger partial charge in [-0.2, -0.15) is 0 Å². The van der Waals surface area contributed by atoms with Gasteiger partial charge in [0.2, 0.25) is 0 Å². The molecule has 4 rings (SSSR count). The molecule has 1 aliphatic heterocycles. The van der Waals surface area contributed by atoms with Crippen LogP contribution < -0.4 is 9.64 Å². The maximum atomic E-state index is 13.5. The summed E-state index contributed by atoms with van der Waals surface area (Å²) < 4.78 is 24.3. The minimum absolute atomic E-state index is 0. The molecule has 3 aromatic rings. The molecule has 8 heteroatoms. The van der Waals surface area contributed by atoms with Crippen molar-refractivity contribution in [3.8, 4) is 5.75 Å². The van der Waals surface area contributed by atoms with E-state index in [1.807, 2.05) is 0 Å². The quantitative estimate of drug-likeness (QED) is 0.624. The molecule has 0 radical (unpaired) electrons. The molecule has 1 fully saturated rings. The standard InChI is InChI=1S/C20H23FN4O2.ClH/c1-26-19-12-22-14-23-20(19)25-9-7-24(8-10-25)6-2-3-15-13-27-18-5-4-16(21)11-17(15)18;/h4-5,11-14H,2-3,6-10H2,1H3;1H. The molecule has 0 unspecified atom stereocenters. The Hall–Kier alpha value is -2.38. The minimum atomic E-state index is -0.221. The molecule has 0 aliphatic carbocycles. The summed E-state index contributed by atoms with van der Waals surface area (Å²) in [7, 11) is 1.64. The Morgan fingerprint density at radius 2 is 2.04 bits per heavy atom. The number of rotatable bonds is 6. The van der Waals surface area contributed by atoms with Crippen LogP contribution in [0.1, 0.15) is 12.0 Å². The molecule has 1 aromatic carbocycles. The zero-order chi connectivity index (χ0) is 18.6. The first-order chi connectivity index (χ1) is 13.2. The van der Waals surface area contributed by atoms with Crippen molar-refractivity contribution in [3.63, 3.8) is 0 Å². The van der Waals surface area contributed by atoms with Crippen LogP contribution in [0.5, 0.6) is 5.75 Å². The molecule has 1 saturated heterocycles. The van der Waals surface area contributed by atoms with E-state index in [0.29, 0.717) is 5.75 Å². The monoisotopic (exact) mass is 406 g/mol. The van der Waals surface area contributed by atoms with Crippen LogP contribution in [-0.2, 0) is 6.42 Å². The van der Waals surface area contributed by atoms with Crippen molar-refractivity contribution in [1.82, 2.24) is 14.9 Å². The molecule has 0 saturated carbocycles. The van der Waals surface area contributed by atoms with E-state index in [1.54, 1.807) is 38.0 Å². The van der Waals surface area contributed by atoms with E-state index in [2.05, 4.69) is 19.8 Å². The van der Waals surface area contributed by atoms with Gasteiger partial charge >= 0.3 is 0 Å². The Morgan fingerprint density at radius 3 is 2.82 bits per heavy atom. The van der Waals surface area contributed by atoms with Crippen LogP contribution in [0.4, 0.5) is 10.2 Å². The summed E-state index contributed by atoms with van der Waals surface area (Å²) in [5.41, 5.74) is 1.83. The van der Waals surface area contributed by atoms with Crippen LogP contribution in [-0.4, -0.2) is 54.7 Å². The Kier molecular flexibility index (Phi) is 6.70. The van der Waals surface area contributed by atoms with E-state index >= 15 is 0 Å². The Morgan fingerprint density at radius 1 is 1.21 bits per heavy atom. The highest BCUT2D eigenvalue weighted by atomic mass is 35.5. The van der Waals surface area contributed by atoms with Gasteiger partial charge in [0.25, 0.3) is 0 Å². The lowest BCUT2D eigenvalue weighted by Crippen LogP contribution is -2.47. The van der Waals surface area contributed by atoms with Gasteiger partial charge in [-0.1, -0.05) is 0 Å². The van der Waals surface area contributed by atoms with E-state index in [9.17, 15) is 4.39 Å². The first-order valence-corrected chi connectivity index (χ1v) is 9.21. The highest BCUT2D eigenvalue weighted by Gasteiger charge is 2.20. The van der Waals surface area contributed by atoms with Gasteiger partial charge in [0, 0.05) is 31.6 Å². The summed E-state index contributed by atoms with van der Waals surface area (Å²) in [6, 6.07) is 4.68. The third-order valence-electron chi connectivity index (χ3n) is 5.09. The second-order valence-electron chi connectivity index (χ2n) is 6.75. The molecular formula is C20H24ClFN4O2. The van der Waals surface area contributed by atoms with Crippen LogP contribution in [0.3, 0.4) is 0 Å². The number of furan rings is 1. The number of fused-ring (bicyclic) bond motifs is 1. The first-order valence-electron chi connectivity index (χ1n) is 9.21. The Balaban J connectivity index is 0.00000225. The summed E-state index contributed by atoms with van der Waals surface area (Å²) in [4.78, 5) is 13.1. The maximum absolute atomic E-state index is 13.5. The van der Waals surface area contributed by atoms with Gasteiger partial charge in [-0.25, -0.2) is 14.4 Å². The van der Waals surface area contributed by atoms with Gasteiger partial charge < -0.3 is 14.1 Å². The van der Waals surface area contributed by atoms with Crippen molar-refractivity contribution in [2.45, 2.75) is 12.8 Å². The van der Waals surface area contributed by atoms with Crippen LogP contribution in [0, 0.1) is 5.82 Å². The predicted molar refractivity (Wildman–Crippen MR) is 109 cm³/mol. The lowest BCUT2D eigenvalue weighted by atomic mass is 10.1. The molecule has 28 heavy (non-hydrogen) atoms. The molecule has 3 heterocycles. The number of nitrogens with zero attached hydrogens (tertiary/aromatic N) is 4. The molecule has 0 atom stereocenters. The summed E-state index contributed by atoms with van der Waals surface area (Å²) >= 11 is 0. The molecule has 2 aromatic heterocycles. The number of ether oxygens (including phenoxy) is 1. The van der Waals surface area contributed by atoms with Crippen LogP contribution in [0.25, 0.3) is 11.0 Å². The molecule has 0 N–H and O–H groups in total. The molecule has 0 bridgehead atoms. The van der Waals surface area contributed by atoms with Gasteiger partial charge in [-0.05, 0) is 43.1 Å². The van der Waals surface area contributed by atoms with Crippen LogP contribution in [0.15, 0.2) is 41.4 Å². The van der Waals surface area contributed by atoms with Crippen molar-refractivity contribution in [2.24, 2.45) is 0 Å². The van der Waals surface area contributed by atoms with Crippen molar-refractivity contribution < 1.29 is 13.5 Å². The average molecular weight is 407 g/mol. The smallest absolute Gasteiger partial charge is 0.179 e. The number of hydrogen-bond acceptors (Lipinski definition) is 6. The maximum Gasteiger partial charge on any atom is 0.179 e. The van der Waals surface area contributed by atoms with Gasteiger partial charge in [-0.15, -0.1) is 12.4 Å². The molecule has 0 amide bonds. The number of aromatic nitrogens is 2. The summed E-state index contributed by atoms with van der Waals surface area (Å²) in [6.45, 7) is 4.79. The van der Waals surface area contributed by atoms with Crippen molar-refractivity contribution in [2.75, 3.05) is 44.7 Å². The van der Waals surface area contributed by atoms with Gasteiger partial charge in [0.15, 0.2) is 11.6 Å². The Bertz CT molecular complexity index is 912. The van der Waals surface area contributed by atoms with Crippen LogP contribution >= 0.6 is 12.4 Å². The van der Waals surface area contributed by atoms with Gasteiger partial charge in [0.05, 0.1) is 19.6 Å². The number of benzene rings is 1. The normalized spacial score (nSPS) is 14.9. The molecule has 6 nitrogen and oxygen atoms in total. The largest absolute Gasteiger partial charge is 0.491 e. The lowest BCUT2D eigenvalue weighted by Gasteiger charge is -2.35.